The molecule has 3 rings (SSSR count). The van der Waals surface area contributed by atoms with Gasteiger partial charge in [0.15, 0.2) is 0 Å². The number of carbonyl (C=O) groups excluding carboxylic acids is 2. The summed E-state index contributed by atoms with van der Waals surface area (Å²) in [7, 11) is 1.55. The average molecular weight is 351 g/mol. The van der Waals surface area contributed by atoms with E-state index in [1.165, 1.54) is 12.1 Å². The maximum atomic E-state index is 12.4. The van der Waals surface area contributed by atoms with Crippen LogP contribution in [0.5, 0.6) is 5.75 Å². The van der Waals surface area contributed by atoms with Gasteiger partial charge in [-0.25, -0.2) is 0 Å². The molecule has 7 heteroatoms. The number of hydrogen-bond acceptors (Lipinski definition) is 4. The van der Waals surface area contributed by atoms with Gasteiger partial charge in [0, 0.05) is 0 Å². The minimum Gasteiger partial charge on any atom is -0.495 e. The molecule has 0 saturated heterocycles. The van der Waals surface area contributed by atoms with E-state index in [1.807, 2.05) is 12.1 Å². The second kappa shape index (κ2) is 6.10. The van der Waals surface area contributed by atoms with Crippen molar-refractivity contribution in [2.24, 2.45) is 0 Å². The molecular formula is C16H12Cl2N2O3. The fraction of sp³-hybridized carbons (Fsp3) is 0.125. The number of hydrogen-bond donors (Lipinski definition) is 1. The highest BCUT2D eigenvalue weighted by Crippen LogP contribution is 2.31. The summed E-state index contributed by atoms with van der Waals surface area (Å²) in [6.07, 6.45) is 0. The Morgan fingerprint density at radius 3 is 2.17 bits per heavy atom. The molecule has 5 nitrogen and oxygen atoms in total. The number of amides is 2. The average Bonchev–Trinajstić information content (AvgIpc) is 2.77. The Bertz CT molecular complexity index is 767. The highest BCUT2D eigenvalue weighted by molar-refractivity contribution is 6.43. The van der Waals surface area contributed by atoms with E-state index in [-0.39, 0.29) is 27.8 Å². The third-order valence-electron chi connectivity index (χ3n) is 3.55. The summed E-state index contributed by atoms with van der Waals surface area (Å²) < 4.78 is 5.22. The third kappa shape index (κ3) is 2.73. The Balaban J connectivity index is 1.83. The Labute approximate surface area is 142 Å². The summed E-state index contributed by atoms with van der Waals surface area (Å²) in [6, 6.07) is 10.1. The summed E-state index contributed by atoms with van der Waals surface area (Å²) in [4.78, 5) is 25.9. The number of benzene rings is 2. The minimum atomic E-state index is -0.411. The molecule has 0 radical (unpaired) electrons. The number of para-hydroxylation sites is 2. The van der Waals surface area contributed by atoms with E-state index in [1.54, 1.807) is 19.2 Å². The summed E-state index contributed by atoms with van der Waals surface area (Å²) in [5.41, 5.74) is 1.19. The van der Waals surface area contributed by atoms with Gasteiger partial charge in [-0.15, -0.1) is 0 Å². The highest BCUT2D eigenvalue weighted by atomic mass is 35.5. The van der Waals surface area contributed by atoms with Crippen molar-refractivity contribution < 1.29 is 14.3 Å². The lowest BCUT2D eigenvalue weighted by Crippen LogP contribution is -2.34. The van der Waals surface area contributed by atoms with Gasteiger partial charge in [-0.2, -0.15) is 0 Å². The van der Waals surface area contributed by atoms with E-state index in [9.17, 15) is 9.59 Å². The van der Waals surface area contributed by atoms with Gasteiger partial charge in [-0.1, -0.05) is 35.3 Å². The molecule has 2 aromatic carbocycles. The van der Waals surface area contributed by atoms with E-state index in [4.69, 9.17) is 27.9 Å². The van der Waals surface area contributed by atoms with Gasteiger partial charge in [0.25, 0.3) is 11.8 Å². The number of rotatable bonds is 4. The Morgan fingerprint density at radius 1 is 1.04 bits per heavy atom. The van der Waals surface area contributed by atoms with Gasteiger partial charge in [0.2, 0.25) is 0 Å². The van der Waals surface area contributed by atoms with Crippen LogP contribution in [-0.2, 0) is 0 Å². The van der Waals surface area contributed by atoms with E-state index in [0.29, 0.717) is 11.4 Å². The first-order valence-electron chi connectivity index (χ1n) is 6.75. The molecule has 1 aliphatic rings. The van der Waals surface area contributed by atoms with E-state index < -0.39 is 11.8 Å². The SMILES string of the molecule is COc1ccccc1NCN1C(=O)c2cc(Cl)c(Cl)cc2C1=O. The van der Waals surface area contributed by atoms with Crippen molar-refractivity contribution in [1.82, 2.24) is 4.90 Å². The Hall–Kier alpha value is -2.24. The summed E-state index contributed by atoms with van der Waals surface area (Å²) in [5, 5.41) is 3.51. The number of fused-ring (bicyclic) bond motifs is 1. The standard InChI is InChI=1S/C16H12Cl2N2O3/c1-23-14-5-3-2-4-13(14)19-8-20-15(21)9-6-11(17)12(18)7-10(9)16(20)22/h2-7,19H,8H2,1H3. The molecule has 0 unspecified atom stereocenters. The molecule has 23 heavy (non-hydrogen) atoms. The molecule has 0 atom stereocenters. The molecule has 118 valence electrons. The van der Waals surface area contributed by atoms with E-state index in [2.05, 4.69) is 5.32 Å². The molecule has 1 heterocycles. The topological polar surface area (TPSA) is 58.6 Å². The first-order valence-corrected chi connectivity index (χ1v) is 7.50. The van der Waals surface area contributed by atoms with Crippen LogP contribution in [0, 0.1) is 0 Å². The number of imide groups is 1. The van der Waals surface area contributed by atoms with Crippen LogP contribution in [0.25, 0.3) is 0 Å². The monoisotopic (exact) mass is 350 g/mol. The first-order chi connectivity index (χ1) is 11.0. The van der Waals surface area contributed by atoms with Crippen molar-refractivity contribution in [2.45, 2.75) is 0 Å². The fourth-order valence-corrected chi connectivity index (χ4v) is 2.71. The molecule has 0 aromatic heterocycles. The van der Waals surface area contributed by atoms with E-state index >= 15 is 0 Å². The maximum absolute atomic E-state index is 12.4. The molecule has 2 aromatic rings. The number of nitrogens with zero attached hydrogens (tertiary/aromatic N) is 1. The van der Waals surface area contributed by atoms with Crippen LogP contribution in [0.4, 0.5) is 5.69 Å². The zero-order chi connectivity index (χ0) is 16.6. The van der Waals surface area contributed by atoms with Crippen LogP contribution in [-0.4, -0.2) is 30.5 Å². The Kier molecular flexibility index (Phi) is 4.15. The molecule has 1 aliphatic heterocycles. The van der Waals surface area contributed by atoms with Crippen molar-refractivity contribution in [3.8, 4) is 5.75 Å². The summed E-state index contributed by atoms with van der Waals surface area (Å²) in [5.74, 6) is -0.202. The number of halogens is 2. The van der Waals surface area contributed by atoms with Gasteiger partial charge in [0.1, 0.15) is 5.75 Å². The predicted octanol–water partition coefficient (Wildman–Crippen LogP) is 3.67. The number of nitrogens with one attached hydrogen (secondary N) is 1. The van der Waals surface area contributed by atoms with E-state index in [0.717, 1.165) is 4.90 Å². The second-order valence-electron chi connectivity index (χ2n) is 4.89. The van der Waals surface area contributed by atoms with Crippen molar-refractivity contribution in [3.63, 3.8) is 0 Å². The molecule has 1 N–H and O–H groups in total. The lowest BCUT2D eigenvalue weighted by atomic mass is 10.1. The zero-order valence-corrected chi connectivity index (χ0v) is 13.6. The van der Waals surface area contributed by atoms with Gasteiger partial charge >= 0.3 is 0 Å². The lowest BCUT2D eigenvalue weighted by molar-refractivity contribution is 0.0665. The van der Waals surface area contributed by atoms with Gasteiger partial charge in [-0.05, 0) is 24.3 Å². The van der Waals surface area contributed by atoms with Gasteiger partial charge in [-0.3, -0.25) is 14.5 Å². The first kappa shape index (κ1) is 15.6. The fourth-order valence-electron chi connectivity index (χ4n) is 2.38. The molecule has 0 spiro atoms. The van der Waals surface area contributed by atoms with Gasteiger partial charge in [0.05, 0.1) is 40.6 Å². The van der Waals surface area contributed by atoms with Crippen LogP contribution in [0.2, 0.25) is 10.0 Å². The van der Waals surface area contributed by atoms with Crippen LogP contribution in [0.3, 0.4) is 0 Å². The summed E-state index contributed by atoms with van der Waals surface area (Å²) >= 11 is 11.8. The smallest absolute Gasteiger partial charge is 0.263 e. The molecule has 0 fully saturated rings. The maximum Gasteiger partial charge on any atom is 0.263 e. The summed E-state index contributed by atoms with van der Waals surface area (Å²) in [6.45, 7) is 0.0158. The van der Waals surface area contributed by atoms with Gasteiger partial charge < -0.3 is 10.1 Å². The highest BCUT2D eigenvalue weighted by Gasteiger charge is 2.36. The van der Waals surface area contributed by atoms with Crippen molar-refractivity contribution >= 4 is 40.7 Å². The van der Waals surface area contributed by atoms with Crippen LogP contribution in [0.15, 0.2) is 36.4 Å². The number of methoxy groups -OCH3 is 1. The zero-order valence-electron chi connectivity index (χ0n) is 12.1. The third-order valence-corrected chi connectivity index (χ3v) is 4.27. The number of anilines is 1. The Morgan fingerprint density at radius 2 is 1.61 bits per heavy atom. The van der Waals surface area contributed by atoms with Crippen LogP contribution < -0.4 is 10.1 Å². The number of carbonyl (C=O) groups is 2. The molecule has 0 aliphatic carbocycles. The van der Waals surface area contributed by atoms with Crippen molar-refractivity contribution in [2.75, 3.05) is 19.1 Å². The van der Waals surface area contributed by atoms with Crippen LogP contribution >= 0.6 is 23.2 Å². The quantitative estimate of drug-likeness (QED) is 0.854. The largest absolute Gasteiger partial charge is 0.495 e. The molecular weight excluding hydrogens is 339 g/mol. The number of ether oxygens (including phenoxy) is 1. The van der Waals surface area contributed by atoms with Crippen LogP contribution in [0.1, 0.15) is 20.7 Å². The molecule has 0 saturated carbocycles. The molecule has 2 amide bonds. The van der Waals surface area contributed by atoms with Crippen molar-refractivity contribution in [1.29, 1.82) is 0 Å². The lowest BCUT2D eigenvalue weighted by Gasteiger charge is -2.17. The predicted molar refractivity (Wildman–Crippen MR) is 88.4 cm³/mol. The molecule has 0 bridgehead atoms. The second-order valence-corrected chi connectivity index (χ2v) is 5.70. The van der Waals surface area contributed by atoms with Crippen molar-refractivity contribution in [3.05, 3.63) is 57.6 Å². The normalized spacial score (nSPS) is 13.3. The minimum absolute atomic E-state index is 0.0158.